The molecule has 98 valence electrons. The highest BCUT2D eigenvalue weighted by atomic mass is 15.0. The molecule has 5 heteroatoms. The Balaban J connectivity index is 2.03. The van der Waals surface area contributed by atoms with Crippen molar-refractivity contribution >= 4 is 17.0 Å². The monoisotopic (exact) mass is 247 g/mol. The Morgan fingerprint density at radius 3 is 2.83 bits per heavy atom. The predicted octanol–water partition coefficient (Wildman–Crippen LogP) is 1.85. The van der Waals surface area contributed by atoms with Gasteiger partial charge in [-0.2, -0.15) is 0 Å². The Hall–Kier alpha value is -1.62. The molecular formula is C13H21N5. The number of nitrogens with two attached hydrogens (primary N) is 2. The smallest absolute Gasteiger partial charge is 0.179 e. The number of hydrogen-bond donors (Lipinski definition) is 3. The molecule has 2 aromatic heterocycles. The van der Waals surface area contributed by atoms with Crippen molar-refractivity contribution in [1.82, 2.24) is 15.0 Å². The number of nitrogens with zero attached hydrogens (tertiary/aromatic N) is 2. The van der Waals surface area contributed by atoms with Gasteiger partial charge < -0.3 is 16.5 Å². The van der Waals surface area contributed by atoms with Crippen LogP contribution in [0.1, 0.15) is 32.0 Å². The maximum atomic E-state index is 5.64. The van der Waals surface area contributed by atoms with E-state index in [1.807, 2.05) is 6.07 Å². The molecule has 18 heavy (non-hydrogen) atoms. The average Bonchev–Trinajstić information content (AvgIpc) is 2.76. The summed E-state index contributed by atoms with van der Waals surface area (Å²) in [5.41, 5.74) is 12.9. The Kier molecular flexibility index (Phi) is 4.15. The van der Waals surface area contributed by atoms with Crippen LogP contribution in [0.4, 0.5) is 5.82 Å². The molecule has 2 heterocycles. The number of hydrogen-bond acceptors (Lipinski definition) is 4. The van der Waals surface area contributed by atoms with Crippen LogP contribution < -0.4 is 11.5 Å². The molecule has 2 rings (SSSR count). The van der Waals surface area contributed by atoms with Gasteiger partial charge in [0.25, 0.3) is 0 Å². The van der Waals surface area contributed by atoms with Crippen LogP contribution in [0.2, 0.25) is 0 Å². The number of aromatic nitrogens is 3. The quantitative estimate of drug-likeness (QED) is 0.726. The summed E-state index contributed by atoms with van der Waals surface area (Å²) in [4.78, 5) is 11.9. The molecule has 0 radical (unpaired) electrons. The van der Waals surface area contributed by atoms with Gasteiger partial charge in [-0.25, -0.2) is 9.97 Å². The zero-order valence-electron chi connectivity index (χ0n) is 10.8. The summed E-state index contributed by atoms with van der Waals surface area (Å²) in [6.45, 7) is 2.97. The molecule has 0 amide bonds. The van der Waals surface area contributed by atoms with Crippen molar-refractivity contribution in [3.05, 3.63) is 18.0 Å². The molecule has 5 N–H and O–H groups in total. The van der Waals surface area contributed by atoms with E-state index in [0.717, 1.165) is 37.1 Å². The molecule has 0 spiro atoms. The number of anilines is 1. The molecule has 0 aliphatic rings. The van der Waals surface area contributed by atoms with Gasteiger partial charge >= 0.3 is 0 Å². The number of rotatable bonds is 6. The number of nitrogens with one attached hydrogen (secondary N) is 1. The Labute approximate surface area is 107 Å². The van der Waals surface area contributed by atoms with E-state index in [2.05, 4.69) is 21.9 Å². The highest BCUT2D eigenvalue weighted by Gasteiger charge is 2.09. The Morgan fingerprint density at radius 2 is 2.11 bits per heavy atom. The lowest BCUT2D eigenvalue weighted by molar-refractivity contribution is 0.440. The number of aromatic amines is 1. The third-order valence-corrected chi connectivity index (χ3v) is 3.36. The molecule has 5 nitrogen and oxygen atoms in total. The maximum Gasteiger partial charge on any atom is 0.179 e. The average molecular weight is 247 g/mol. The lowest BCUT2D eigenvalue weighted by Crippen LogP contribution is -2.09. The molecule has 0 aliphatic carbocycles. The van der Waals surface area contributed by atoms with Gasteiger partial charge in [0.2, 0.25) is 0 Å². The largest absolute Gasteiger partial charge is 0.384 e. The van der Waals surface area contributed by atoms with Gasteiger partial charge in [-0.15, -0.1) is 0 Å². The molecule has 1 unspecified atom stereocenters. The van der Waals surface area contributed by atoms with Crippen molar-refractivity contribution in [2.45, 2.75) is 32.6 Å². The molecule has 0 fully saturated rings. The molecule has 1 atom stereocenters. The van der Waals surface area contributed by atoms with Crippen molar-refractivity contribution in [3.63, 3.8) is 0 Å². The standard InChI is InChI=1S/C13H21N5/c1-2-9(7-8-14)3-6-12-16-10-4-5-11(15)17-13(10)18-12/h4-5,9H,2-3,6-8,14H2,1H3,(H3,15,16,17,18). The van der Waals surface area contributed by atoms with E-state index in [1.165, 1.54) is 6.42 Å². The molecule has 0 bridgehead atoms. The fourth-order valence-corrected chi connectivity index (χ4v) is 2.20. The van der Waals surface area contributed by atoms with Gasteiger partial charge in [-0.05, 0) is 37.4 Å². The van der Waals surface area contributed by atoms with Crippen molar-refractivity contribution in [3.8, 4) is 0 Å². The van der Waals surface area contributed by atoms with Gasteiger partial charge in [0.1, 0.15) is 11.6 Å². The SMILES string of the molecule is CCC(CCN)CCc1nc2nc(N)ccc2[nH]1. The first-order valence-electron chi connectivity index (χ1n) is 6.54. The minimum atomic E-state index is 0.509. The van der Waals surface area contributed by atoms with E-state index in [1.54, 1.807) is 6.07 Å². The summed E-state index contributed by atoms with van der Waals surface area (Å²) in [6.07, 6.45) is 4.31. The lowest BCUT2D eigenvalue weighted by Gasteiger charge is -2.11. The normalized spacial score (nSPS) is 13.0. The highest BCUT2D eigenvalue weighted by Crippen LogP contribution is 2.17. The second kappa shape index (κ2) is 5.82. The van der Waals surface area contributed by atoms with Crippen LogP contribution in [0.25, 0.3) is 11.2 Å². The first-order valence-corrected chi connectivity index (χ1v) is 6.54. The van der Waals surface area contributed by atoms with Crippen LogP contribution in [0.5, 0.6) is 0 Å². The fourth-order valence-electron chi connectivity index (χ4n) is 2.20. The number of imidazole rings is 1. The van der Waals surface area contributed by atoms with E-state index >= 15 is 0 Å². The van der Waals surface area contributed by atoms with Crippen molar-refractivity contribution in [2.24, 2.45) is 11.7 Å². The summed E-state index contributed by atoms with van der Waals surface area (Å²) in [7, 11) is 0. The number of H-pyrrole nitrogens is 1. The summed E-state index contributed by atoms with van der Waals surface area (Å²) >= 11 is 0. The van der Waals surface area contributed by atoms with Gasteiger partial charge in [-0.1, -0.05) is 13.3 Å². The molecule has 0 saturated heterocycles. The Bertz CT molecular complexity index is 505. The molecule has 0 saturated carbocycles. The first kappa shape index (κ1) is 12.8. The van der Waals surface area contributed by atoms with Gasteiger partial charge in [0, 0.05) is 6.42 Å². The number of pyridine rings is 1. The summed E-state index contributed by atoms with van der Waals surface area (Å²) in [6, 6.07) is 3.71. The van der Waals surface area contributed by atoms with Crippen molar-refractivity contribution < 1.29 is 0 Å². The van der Waals surface area contributed by atoms with Crippen LogP contribution >= 0.6 is 0 Å². The second-order valence-electron chi connectivity index (χ2n) is 4.68. The number of nitrogen functional groups attached to an aromatic ring is 1. The van der Waals surface area contributed by atoms with Gasteiger partial charge in [0.15, 0.2) is 5.65 Å². The number of fused-ring (bicyclic) bond motifs is 1. The molecule has 2 aromatic rings. The van der Waals surface area contributed by atoms with E-state index in [4.69, 9.17) is 11.5 Å². The van der Waals surface area contributed by atoms with Gasteiger partial charge in [0.05, 0.1) is 5.52 Å². The minimum Gasteiger partial charge on any atom is -0.384 e. The van der Waals surface area contributed by atoms with E-state index in [9.17, 15) is 0 Å². The van der Waals surface area contributed by atoms with Crippen LogP contribution in [0.3, 0.4) is 0 Å². The third-order valence-electron chi connectivity index (χ3n) is 3.36. The molecular weight excluding hydrogens is 226 g/mol. The first-order chi connectivity index (χ1) is 8.72. The number of aryl methyl sites for hydroxylation is 1. The zero-order chi connectivity index (χ0) is 13.0. The van der Waals surface area contributed by atoms with Crippen LogP contribution in [-0.2, 0) is 6.42 Å². The van der Waals surface area contributed by atoms with E-state index < -0.39 is 0 Å². The van der Waals surface area contributed by atoms with E-state index in [0.29, 0.717) is 17.4 Å². The van der Waals surface area contributed by atoms with Crippen LogP contribution in [0.15, 0.2) is 12.1 Å². The Morgan fingerprint density at radius 1 is 1.28 bits per heavy atom. The third kappa shape index (κ3) is 2.98. The minimum absolute atomic E-state index is 0.509. The molecule has 0 aliphatic heterocycles. The van der Waals surface area contributed by atoms with E-state index in [-0.39, 0.29) is 0 Å². The van der Waals surface area contributed by atoms with Crippen molar-refractivity contribution in [2.75, 3.05) is 12.3 Å². The maximum absolute atomic E-state index is 5.64. The zero-order valence-corrected chi connectivity index (χ0v) is 10.8. The fraction of sp³-hybridized carbons (Fsp3) is 0.538. The lowest BCUT2D eigenvalue weighted by atomic mass is 9.97. The molecule has 0 aromatic carbocycles. The second-order valence-corrected chi connectivity index (χ2v) is 4.68. The van der Waals surface area contributed by atoms with Gasteiger partial charge in [-0.3, -0.25) is 0 Å². The highest BCUT2D eigenvalue weighted by molar-refractivity contribution is 5.72. The predicted molar refractivity (Wildman–Crippen MR) is 74.1 cm³/mol. The summed E-state index contributed by atoms with van der Waals surface area (Å²) in [5.74, 6) is 2.18. The summed E-state index contributed by atoms with van der Waals surface area (Å²) < 4.78 is 0. The van der Waals surface area contributed by atoms with Crippen LogP contribution in [0, 0.1) is 5.92 Å². The van der Waals surface area contributed by atoms with Crippen molar-refractivity contribution in [1.29, 1.82) is 0 Å². The van der Waals surface area contributed by atoms with Crippen LogP contribution in [-0.4, -0.2) is 21.5 Å². The topological polar surface area (TPSA) is 93.6 Å². The summed E-state index contributed by atoms with van der Waals surface area (Å²) in [5, 5.41) is 0.